The quantitative estimate of drug-likeness (QED) is 0.556. The number of amides is 2. The van der Waals surface area contributed by atoms with Gasteiger partial charge in [-0.3, -0.25) is 9.59 Å². The summed E-state index contributed by atoms with van der Waals surface area (Å²) in [5.74, 6) is -1.09. The lowest BCUT2D eigenvalue weighted by Gasteiger charge is -2.11. The fraction of sp³-hybridized carbons (Fsp3) is 0.250. The van der Waals surface area contributed by atoms with E-state index in [-0.39, 0.29) is 17.8 Å². The van der Waals surface area contributed by atoms with Crippen LogP contribution in [0.15, 0.2) is 42.5 Å². The van der Waals surface area contributed by atoms with E-state index < -0.39 is 17.8 Å². The van der Waals surface area contributed by atoms with Crippen LogP contribution in [0.2, 0.25) is 0 Å². The van der Waals surface area contributed by atoms with Crippen LogP contribution >= 0.6 is 0 Å². The van der Waals surface area contributed by atoms with Crippen molar-refractivity contribution < 1.29 is 28.6 Å². The highest BCUT2D eigenvalue weighted by Gasteiger charge is 2.17. The van der Waals surface area contributed by atoms with Crippen molar-refractivity contribution >= 4 is 23.5 Å². The number of benzene rings is 2. The summed E-state index contributed by atoms with van der Waals surface area (Å²) in [7, 11) is 4.33. The molecule has 0 atom stereocenters. The van der Waals surface area contributed by atoms with Crippen molar-refractivity contribution in [3.8, 4) is 11.5 Å². The van der Waals surface area contributed by atoms with Crippen LogP contribution in [0.5, 0.6) is 11.5 Å². The van der Waals surface area contributed by atoms with Crippen molar-refractivity contribution in [2.75, 3.05) is 33.2 Å². The zero-order valence-corrected chi connectivity index (χ0v) is 15.9. The number of para-hydroxylation sites is 1. The van der Waals surface area contributed by atoms with Gasteiger partial charge in [-0.2, -0.15) is 0 Å². The van der Waals surface area contributed by atoms with Crippen molar-refractivity contribution in [2.45, 2.75) is 6.42 Å². The number of esters is 1. The molecule has 28 heavy (non-hydrogen) atoms. The SMILES string of the molecule is COC(=O)c1ccccc1NC(=O)C(=O)NCCc1ccc(OC)c(OC)c1. The zero-order valence-electron chi connectivity index (χ0n) is 15.9. The molecule has 0 saturated carbocycles. The molecule has 8 nitrogen and oxygen atoms in total. The second-order valence-electron chi connectivity index (χ2n) is 5.69. The Morgan fingerprint density at radius 1 is 0.893 bits per heavy atom. The van der Waals surface area contributed by atoms with E-state index in [9.17, 15) is 14.4 Å². The first-order chi connectivity index (χ1) is 13.5. The van der Waals surface area contributed by atoms with Gasteiger partial charge >= 0.3 is 17.8 Å². The van der Waals surface area contributed by atoms with Crippen molar-refractivity contribution in [3.63, 3.8) is 0 Å². The first-order valence-electron chi connectivity index (χ1n) is 8.47. The minimum absolute atomic E-state index is 0.163. The van der Waals surface area contributed by atoms with Gasteiger partial charge in [0.05, 0.1) is 32.6 Å². The third kappa shape index (κ3) is 5.23. The molecular weight excluding hydrogens is 364 g/mol. The molecule has 0 aliphatic rings. The van der Waals surface area contributed by atoms with Crippen LogP contribution < -0.4 is 20.1 Å². The summed E-state index contributed by atoms with van der Waals surface area (Å²) in [5, 5.41) is 4.96. The molecule has 2 rings (SSSR count). The maximum Gasteiger partial charge on any atom is 0.339 e. The van der Waals surface area contributed by atoms with Crippen LogP contribution in [0.4, 0.5) is 5.69 Å². The molecule has 0 heterocycles. The highest BCUT2D eigenvalue weighted by Crippen LogP contribution is 2.27. The lowest BCUT2D eigenvalue weighted by atomic mass is 10.1. The molecule has 0 unspecified atom stereocenters. The summed E-state index contributed by atoms with van der Waals surface area (Å²) in [6, 6.07) is 11.7. The number of hydrogen-bond acceptors (Lipinski definition) is 6. The second kappa shape index (κ2) is 9.96. The Morgan fingerprint density at radius 3 is 2.29 bits per heavy atom. The maximum absolute atomic E-state index is 12.1. The van der Waals surface area contributed by atoms with Crippen molar-refractivity contribution in [3.05, 3.63) is 53.6 Å². The average molecular weight is 386 g/mol. The normalized spacial score (nSPS) is 9.96. The number of methoxy groups -OCH3 is 3. The molecular formula is C20H22N2O6. The number of rotatable bonds is 7. The fourth-order valence-corrected chi connectivity index (χ4v) is 2.50. The predicted molar refractivity (Wildman–Crippen MR) is 103 cm³/mol. The molecule has 0 radical (unpaired) electrons. The highest BCUT2D eigenvalue weighted by molar-refractivity contribution is 6.40. The molecule has 0 aliphatic carbocycles. The zero-order chi connectivity index (χ0) is 20.5. The largest absolute Gasteiger partial charge is 0.493 e. The van der Waals surface area contributed by atoms with Crippen LogP contribution in [-0.4, -0.2) is 45.7 Å². The summed E-state index contributed by atoms with van der Waals surface area (Å²) >= 11 is 0. The first-order valence-corrected chi connectivity index (χ1v) is 8.47. The third-order valence-corrected chi connectivity index (χ3v) is 3.93. The van der Waals surface area contributed by atoms with E-state index in [4.69, 9.17) is 9.47 Å². The molecule has 148 valence electrons. The van der Waals surface area contributed by atoms with Gasteiger partial charge < -0.3 is 24.8 Å². The third-order valence-electron chi connectivity index (χ3n) is 3.93. The summed E-state index contributed by atoms with van der Waals surface area (Å²) in [5.41, 5.74) is 1.28. The lowest BCUT2D eigenvalue weighted by molar-refractivity contribution is -0.136. The second-order valence-corrected chi connectivity index (χ2v) is 5.69. The molecule has 0 fully saturated rings. The topological polar surface area (TPSA) is 103 Å². The Bertz CT molecular complexity index is 866. The number of carbonyl (C=O) groups is 3. The Hall–Kier alpha value is -3.55. The molecule has 0 aromatic heterocycles. The van der Waals surface area contributed by atoms with Gasteiger partial charge in [0.1, 0.15) is 0 Å². The van der Waals surface area contributed by atoms with E-state index in [1.165, 1.54) is 19.2 Å². The molecule has 0 saturated heterocycles. The average Bonchev–Trinajstić information content (AvgIpc) is 2.73. The molecule has 2 aromatic carbocycles. The van der Waals surface area contributed by atoms with E-state index in [2.05, 4.69) is 15.4 Å². The molecule has 2 aromatic rings. The van der Waals surface area contributed by atoms with Gasteiger partial charge in [0.15, 0.2) is 11.5 Å². The number of nitrogens with one attached hydrogen (secondary N) is 2. The van der Waals surface area contributed by atoms with Crippen molar-refractivity contribution in [1.82, 2.24) is 5.32 Å². The van der Waals surface area contributed by atoms with Crippen LogP contribution in [-0.2, 0) is 20.7 Å². The summed E-state index contributed by atoms with van der Waals surface area (Å²) < 4.78 is 15.1. The highest BCUT2D eigenvalue weighted by atomic mass is 16.5. The van der Waals surface area contributed by atoms with Gasteiger partial charge in [0, 0.05) is 6.54 Å². The maximum atomic E-state index is 12.1. The van der Waals surface area contributed by atoms with E-state index in [0.29, 0.717) is 17.9 Å². The minimum atomic E-state index is -0.872. The smallest absolute Gasteiger partial charge is 0.339 e. The van der Waals surface area contributed by atoms with Gasteiger partial charge in [0.25, 0.3) is 0 Å². The Balaban J connectivity index is 1.92. The van der Waals surface area contributed by atoms with Crippen LogP contribution in [0.25, 0.3) is 0 Å². The van der Waals surface area contributed by atoms with Crippen LogP contribution in [0.1, 0.15) is 15.9 Å². The minimum Gasteiger partial charge on any atom is -0.493 e. The number of hydrogen-bond donors (Lipinski definition) is 2. The standard InChI is InChI=1S/C20H22N2O6/c1-26-16-9-8-13(12-17(16)27-2)10-11-21-18(23)19(24)22-15-7-5-4-6-14(15)20(25)28-3/h4-9,12H,10-11H2,1-3H3,(H,21,23)(H,22,24). The fourth-order valence-electron chi connectivity index (χ4n) is 2.50. The molecule has 8 heteroatoms. The monoisotopic (exact) mass is 386 g/mol. The summed E-state index contributed by atoms with van der Waals surface area (Å²) in [6.45, 7) is 0.250. The predicted octanol–water partition coefficient (Wildman–Crippen LogP) is 1.79. The molecule has 0 bridgehead atoms. The number of anilines is 1. The molecule has 2 amide bonds. The van der Waals surface area contributed by atoms with Crippen LogP contribution in [0, 0.1) is 0 Å². The van der Waals surface area contributed by atoms with Crippen molar-refractivity contribution in [1.29, 1.82) is 0 Å². The molecule has 0 aliphatic heterocycles. The van der Waals surface area contributed by atoms with Gasteiger partial charge in [-0.1, -0.05) is 18.2 Å². The first kappa shape index (κ1) is 20.8. The molecule has 2 N–H and O–H groups in total. The van der Waals surface area contributed by atoms with Gasteiger partial charge in [0.2, 0.25) is 0 Å². The summed E-state index contributed by atoms with van der Waals surface area (Å²) in [6.07, 6.45) is 0.498. The number of carbonyl (C=O) groups excluding carboxylic acids is 3. The Morgan fingerprint density at radius 2 is 1.61 bits per heavy atom. The van der Waals surface area contributed by atoms with E-state index in [1.807, 2.05) is 6.07 Å². The van der Waals surface area contributed by atoms with Gasteiger partial charge in [-0.15, -0.1) is 0 Å². The molecule has 0 spiro atoms. The van der Waals surface area contributed by atoms with Gasteiger partial charge in [-0.05, 0) is 36.2 Å². The van der Waals surface area contributed by atoms with Crippen LogP contribution in [0.3, 0.4) is 0 Å². The lowest BCUT2D eigenvalue weighted by Crippen LogP contribution is -2.36. The van der Waals surface area contributed by atoms with E-state index in [1.54, 1.807) is 38.5 Å². The van der Waals surface area contributed by atoms with Gasteiger partial charge in [-0.25, -0.2) is 4.79 Å². The summed E-state index contributed by atoms with van der Waals surface area (Å²) in [4.78, 5) is 35.8. The Kier molecular flexibility index (Phi) is 7.38. The number of ether oxygens (including phenoxy) is 3. The van der Waals surface area contributed by atoms with Crippen molar-refractivity contribution in [2.24, 2.45) is 0 Å². The Labute approximate surface area is 162 Å². The van der Waals surface area contributed by atoms with E-state index >= 15 is 0 Å². The van der Waals surface area contributed by atoms with E-state index in [0.717, 1.165) is 5.56 Å².